The Labute approximate surface area is 164 Å². The number of nitrogen functional groups attached to an aromatic ring is 2. The van der Waals surface area contributed by atoms with Crippen molar-refractivity contribution >= 4 is 48.9 Å². The van der Waals surface area contributed by atoms with Gasteiger partial charge < -0.3 is 16.0 Å². The molecule has 1 aromatic carbocycles. The van der Waals surface area contributed by atoms with Crippen molar-refractivity contribution in [2.75, 3.05) is 18.0 Å². The van der Waals surface area contributed by atoms with Crippen LogP contribution in [0.15, 0.2) is 40.0 Å². The number of hydrogen-bond donors (Lipinski definition) is 2. The molecule has 0 spiro atoms. The maximum absolute atomic E-state index is 13.2. The van der Waals surface area contributed by atoms with Crippen LogP contribution in [0.25, 0.3) is 11.2 Å². The van der Waals surface area contributed by atoms with Crippen LogP contribution >= 0.6 is 15.9 Å². The van der Waals surface area contributed by atoms with Crippen molar-refractivity contribution in [3.05, 3.63) is 35.1 Å². The molecule has 27 heavy (non-hydrogen) atoms. The molecule has 0 aliphatic carbocycles. The Morgan fingerprint density at radius 3 is 2.78 bits per heavy atom. The van der Waals surface area contributed by atoms with Crippen molar-refractivity contribution in [2.45, 2.75) is 30.3 Å². The Balaban J connectivity index is 1.68. The van der Waals surface area contributed by atoms with Gasteiger partial charge in [0.2, 0.25) is 16.0 Å². The first kappa shape index (κ1) is 18.1. The molecule has 11 heteroatoms. The molecule has 1 aliphatic rings. The molecule has 1 aliphatic heterocycles. The summed E-state index contributed by atoms with van der Waals surface area (Å²) in [5.74, 6) is 0.270. The molecular formula is C16H18BrN7O2S. The molecule has 3 aromatic rings. The summed E-state index contributed by atoms with van der Waals surface area (Å²) in [6.45, 7) is 0.885. The van der Waals surface area contributed by atoms with Gasteiger partial charge >= 0.3 is 0 Å². The van der Waals surface area contributed by atoms with E-state index in [4.69, 9.17) is 11.5 Å². The first-order valence-corrected chi connectivity index (χ1v) is 10.6. The number of aromatic nitrogens is 4. The second kappa shape index (κ2) is 6.73. The second-order valence-corrected chi connectivity index (χ2v) is 9.09. The average Bonchev–Trinajstić information content (AvgIpc) is 3.23. The number of benzene rings is 1. The molecule has 1 saturated heterocycles. The molecule has 2 aromatic heterocycles. The molecule has 3 heterocycles. The summed E-state index contributed by atoms with van der Waals surface area (Å²) in [6.07, 6.45) is 3.14. The number of nitrogens with two attached hydrogens (primary N) is 2. The molecule has 1 fully saturated rings. The van der Waals surface area contributed by atoms with Gasteiger partial charge in [-0.1, -0.05) is 12.1 Å². The highest BCUT2D eigenvalue weighted by molar-refractivity contribution is 9.10. The van der Waals surface area contributed by atoms with Crippen molar-refractivity contribution in [3.63, 3.8) is 0 Å². The number of fused-ring (bicyclic) bond motifs is 1. The molecular weight excluding hydrogens is 434 g/mol. The molecule has 0 saturated carbocycles. The van der Waals surface area contributed by atoms with Crippen molar-refractivity contribution in [2.24, 2.45) is 0 Å². The number of nitrogens with zero attached hydrogens (tertiary/aromatic N) is 5. The predicted molar refractivity (Wildman–Crippen MR) is 105 cm³/mol. The SMILES string of the molecule is Nc1nc(N)c2ncn(CC3CCCN3S(=O)(=O)c3ccccc3Br)c2n1. The first-order valence-electron chi connectivity index (χ1n) is 8.38. The molecule has 9 nitrogen and oxygen atoms in total. The van der Waals surface area contributed by atoms with E-state index in [1.54, 1.807) is 39.5 Å². The minimum atomic E-state index is -3.62. The van der Waals surface area contributed by atoms with Gasteiger partial charge in [0.15, 0.2) is 11.5 Å². The van der Waals surface area contributed by atoms with Crippen LogP contribution < -0.4 is 11.5 Å². The highest BCUT2D eigenvalue weighted by Gasteiger charge is 2.36. The predicted octanol–water partition coefficient (Wildman–Crippen LogP) is 1.61. The van der Waals surface area contributed by atoms with Crippen molar-refractivity contribution in [1.82, 2.24) is 23.8 Å². The van der Waals surface area contributed by atoms with Crippen LogP contribution in [0, 0.1) is 0 Å². The smallest absolute Gasteiger partial charge is 0.244 e. The lowest BCUT2D eigenvalue weighted by molar-refractivity contribution is 0.354. The van der Waals surface area contributed by atoms with E-state index in [0.717, 1.165) is 12.8 Å². The molecule has 0 radical (unpaired) electrons. The summed E-state index contributed by atoms with van der Waals surface area (Å²) in [7, 11) is -3.62. The van der Waals surface area contributed by atoms with Gasteiger partial charge in [-0.05, 0) is 40.9 Å². The normalized spacial score (nSPS) is 18.3. The van der Waals surface area contributed by atoms with Gasteiger partial charge in [0.25, 0.3) is 0 Å². The molecule has 1 atom stereocenters. The third-order valence-electron chi connectivity index (χ3n) is 4.66. The summed E-state index contributed by atoms with van der Waals surface area (Å²) in [6, 6.07) is 6.63. The summed E-state index contributed by atoms with van der Waals surface area (Å²) in [5.41, 5.74) is 12.5. The van der Waals surface area contributed by atoms with Crippen LogP contribution in [0.1, 0.15) is 12.8 Å². The molecule has 1 unspecified atom stereocenters. The fraction of sp³-hybridized carbons (Fsp3) is 0.312. The zero-order valence-corrected chi connectivity index (χ0v) is 16.7. The minimum absolute atomic E-state index is 0.0610. The fourth-order valence-corrected chi connectivity index (χ4v) is 6.08. The van der Waals surface area contributed by atoms with Crippen LogP contribution in [0.2, 0.25) is 0 Å². The molecule has 4 rings (SSSR count). The Hall–Kier alpha value is -2.24. The Morgan fingerprint density at radius 1 is 1.22 bits per heavy atom. The van der Waals surface area contributed by atoms with Gasteiger partial charge in [-0.2, -0.15) is 14.3 Å². The topological polar surface area (TPSA) is 133 Å². The van der Waals surface area contributed by atoms with Crippen LogP contribution in [0.3, 0.4) is 0 Å². The maximum Gasteiger partial charge on any atom is 0.244 e. The van der Waals surface area contributed by atoms with E-state index in [-0.39, 0.29) is 22.7 Å². The summed E-state index contributed by atoms with van der Waals surface area (Å²) in [5, 5.41) is 0. The lowest BCUT2D eigenvalue weighted by atomic mass is 10.2. The van der Waals surface area contributed by atoms with Crippen LogP contribution in [0.5, 0.6) is 0 Å². The maximum atomic E-state index is 13.2. The first-order chi connectivity index (χ1) is 12.9. The van der Waals surface area contributed by atoms with Gasteiger partial charge in [0.1, 0.15) is 5.52 Å². The van der Waals surface area contributed by atoms with Gasteiger partial charge in [-0.25, -0.2) is 13.4 Å². The van der Waals surface area contributed by atoms with Gasteiger partial charge in [-0.15, -0.1) is 0 Å². The van der Waals surface area contributed by atoms with Gasteiger partial charge in [0.05, 0.1) is 11.2 Å². The van der Waals surface area contributed by atoms with E-state index in [1.165, 1.54) is 0 Å². The largest absolute Gasteiger partial charge is 0.382 e. The second-order valence-electron chi connectivity index (χ2n) is 6.38. The van der Waals surface area contributed by atoms with Crippen LogP contribution in [-0.2, 0) is 16.6 Å². The zero-order chi connectivity index (χ0) is 19.2. The molecule has 142 valence electrons. The third kappa shape index (κ3) is 3.15. The van der Waals surface area contributed by atoms with Crippen LogP contribution in [-0.4, -0.2) is 44.8 Å². The lowest BCUT2D eigenvalue weighted by Gasteiger charge is -2.25. The van der Waals surface area contributed by atoms with E-state index in [0.29, 0.717) is 28.7 Å². The number of hydrogen-bond acceptors (Lipinski definition) is 7. The quantitative estimate of drug-likeness (QED) is 0.614. The van der Waals surface area contributed by atoms with E-state index in [9.17, 15) is 8.42 Å². The Morgan fingerprint density at radius 2 is 2.00 bits per heavy atom. The zero-order valence-electron chi connectivity index (χ0n) is 14.3. The highest BCUT2D eigenvalue weighted by Crippen LogP contribution is 2.31. The number of halogens is 1. The van der Waals surface area contributed by atoms with E-state index in [2.05, 4.69) is 30.9 Å². The summed E-state index contributed by atoms with van der Waals surface area (Å²) in [4.78, 5) is 12.6. The number of rotatable bonds is 4. The van der Waals surface area contributed by atoms with Crippen molar-refractivity contribution in [1.29, 1.82) is 0 Å². The fourth-order valence-electron chi connectivity index (χ4n) is 3.43. The Kier molecular flexibility index (Phi) is 4.52. The number of imidazole rings is 1. The summed E-state index contributed by atoms with van der Waals surface area (Å²) >= 11 is 3.34. The monoisotopic (exact) mass is 451 g/mol. The number of sulfonamides is 1. The van der Waals surface area contributed by atoms with Gasteiger partial charge in [0, 0.05) is 23.6 Å². The van der Waals surface area contributed by atoms with E-state index < -0.39 is 10.0 Å². The number of anilines is 2. The van der Waals surface area contributed by atoms with Crippen LogP contribution in [0.4, 0.5) is 11.8 Å². The Bertz CT molecular complexity index is 1120. The van der Waals surface area contributed by atoms with Crippen molar-refractivity contribution < 1.29 is 8.42 Å². The third-order valence-corrected chi connectivity index (χ3v) is 7.63. The minimum Gasteiger partial charge on any atom is -0.382 e. The molecule has 0 amide bonds. The average molecular weight is 452 g/mol. The standard InChI is InChI=1S/C16H18BrN7O2S/c17-11-5-1-2-6-12(11)27(25,26)24-7-3-4-10(24)8-23-9-20-13-14(18)21-16(19)22-15(13)23/h1-2,5-6,9-10H,3-4,7-8H2,(H4,18,19,21,22). The molecule has 0 bridgehead atoms. The van der Waals surface area contributed by atoms with E-state index in [1.807, 2.05) is 0 Å². The molecule has 4 N–H and O–H groups in total. The van der Waals surface area contributed by atoms with Crippen molar-refractivity contribution in [3.8, 4) is 0 Å². The summed E-state index contributed by atoms with van der Waals surface area (Å²) < 4.78 is 30.2. The highest BCUT2D eigenvalue weighted by atomic mass is 79.9. The lowest BCUT2D eigenvalue weighted by Crippen LogP contribution is -2.38. The van der Waals surface area contributed by atoms with Gasteiger partial charge in [-0.3, -0.25) is 0 Å². The van der Waals surface area contributed by atoms with E-state index >= 15 is 0 Å².